The number of nitrogens with one attached hydrogen (secondary N) is 1. The van der Waals surface area contributed by atoms with E-state index in [0.29, 0.717) is 19.6 Å². The lowest BCUT2D eigenvalue weighted by atomic mass is 10.0. The molecule has 0 bridgehead atoms. The monoisotopic (exact) mass is 543 g/mol. The third-order valence-electron chi connectivity index (χ3n) is 7.04. The Morgan fingerprint density at radius 2 is 1.08 bits per heavy atom. The van der Waals surface area contributed by atoms with Gasteiger partial charge in [0.1, 0.15) is 5.60 Å². The van der Waals surface area contributed by atoms with E-state index in [1.807, 2.05) is 20.8 Å². The van der Waals surface area contributed by atoms with Crippen molar-refractivity contribution < 1.29 is 19.7 Å². The smallest absolute Gasteiger partial charge is 0.407 e. The summed E-state index contributed by atoms with van der Waals surface area (Å²) in [6, 6.07) is 0. The van der Waals surface area contributed by atoms with Gasteiger partial charge in [0.05, 0.1) is 12.2 Å². The highest BCUT2D eigenvalue weighted by atomic mass is 16.6. The topological polar surface area (TPSA) is 82.0 Å². The van der Waals surface area contributed by atoms with E-state index in [4.69, 9.17) is 4.74 Å². The van der Waals surface area contributed by atoms with Crippen molar-refractivity contribution in [1.29, 1.82) is 0 Å². The molecular weight excluding hydrogens is 476 g/mol. The number of hydrogen-bond donors (Lipinski definition) is 3. The molecule has 0 aliphatic heterocycles. The van der Waals surface area contributed by atoms with Gasteiger partial charge in [0, 0.05) is 26.2 Å². The van der Waals surface area contributed by atoms with Crippen LogP contribution in [0.4, 0.5) is 4.79 Å². The predicted octanol–water partition coefficient (Wildman–Crippen LogP) is 7.99. The maximum atomic E-state index is 11.9. The molecule has 0 aliphatic rings. The Morgan fingerprint density at radius 1 is 0.684 bits per heavy atom. The molecule has 0 aromatic rings. The van der Waals surface area contributed by atoms with Crippen molar-refractivity contribution in [3.05, 3.63) is 0 Å². The fourth-order valence-corrected chi connectivity index (χ4v) is 4.87. The van der Waals surface area contributed by atoms with Crippen LogP contribution >= 0.6 is 0 Å². The third-order valence-corrected chi connectivity index (χ3v) is 7.04. The minimum absolute atomic E-state index is 0.371. The fourth-order valence-electron chi connectivity index (χ4n) is 4.87. The van der Waals surface area contributed by atoms with Gasteiger partial charge in [0.15, 0.2) is 0 Å². The summed E-state index contributed by atoms with van der Waals surface area (Å²) < 4.78 is 5.31. The number of rotatable bonds is 26. The molecule has 0 saturated heterocycles. The van der Waals surface area contributed by atoms with E-state index >= 15 is 0 Å². The van der Waals surface area contributed by atoms with Crippen LogP contribution in [0.5, 0.6) is 0 Å². The number of unbranched alkanes of at least 4 members (excludes halogenated alkanes) is 14. The van der Waals surface area contributed by atoms with Crippen molar-refractivity contribution in [1.82, 2.24) is 10.2 Å². The zero-order chi connectivity index (χ0) is 28.5. The van der Waals surface area contributed by atoms with Crippen molar-refractivity contribution in [3.63, 3.8) is 0 Å². The van der Waals surface area contributed by atoms with Gasteiger partial charge in [-0.3, -0.25) is 4.90 Å². The Kier molecular flexibility index (Phi) is 24.6. The van der Waals surface area contributed by atoms with Gasteiger partial charge in [0.25, 0.3) is 0 Å². The highest BCUT2D eigenvalue weighted by Gasteiger charge is 2.17. The lowest BCUT2D eigenvalue weighted by molar-refractivity contribution is 0.0501. The van der Waals surface area contributed by atoms with Crippen LogP contribution in [0.1, 0.15) is 157 Å². The number of carbonyl (C=O) groups is 1. The molecule has 0 rings (SSSR count). The van der Waals surface area contributed by atoms with Gasteiger partial charge in [0.2, 0.25) is 0 Å². The Hall–Kier alpha value is -0.850. The number of alkyl carbamates (subject to hydrolysis) is 1. The molecule has 0 aliphatic carbocycles. The molecule has 0 aromatic carbocycles. The van der Waals surface area contributed by atoms with Crippen LogP contribution < -0.4 is 5.32 Å². The van der Waals surface area contributed by atoms with Crippen molar-refractivity contribution in [3.8, 4) is 0 Å². The van der Waals surface area contributed by atoms with Gasteiger partial charge < -0.3 is 20.3 Å². The third kappa shape index (κ3) is 26.7. The first-order valence-electron chi connectivity index (χ1n) is 16.2. The molecule has 0 radical (unpaired) electrons. The molecule has 6 nitrogen and oxygen atoms in total. The summed E-state index contributed by atoms with van der Waals surface area (Å²) in [4.78, 5) is 14.1. The summed E-state index contributed by atoms with van der Waals surface area (Å²) in [6.07, 6.45) is 21.5. The Balaban J connectivity index is 4.36. The number of aliphatic hydroxyl groups is 2. The van der Waals surface area contributed by atoms with Gasteiger partial charge in [-0.1, -0.05) is 117 Å². The minimum Gasteiger partial charge on any atom is -0.444 e. The SMILES string of the molecule is CCCCCCCCCCC(O)CN(CCCNC(=O)OC(C)(C)C)CC(O)CCCCCCCCCC. The molecule has 2 atom stereocenters. The van der Waals surface area contributed by atoms with Crippen LogP contribution in [0.25, 0.3) is 0 Å². The summed E-state index contributed by atoms with van der Waals surface area (Å²) in [5.74, 6) is 0. The number of hydrogen-bond acceptors (Lipinski definition) is 5. The lowest BCUT2D eigenvalue weighted by Gasteiger charge is -2.27. The van der Waals surface area contributed by atoms with E-state index in [-0.39, 0.29) is 12.2 Å². The van der Waals surface area contributed by atoms with Crippen LogP contribution in [0.15, 0.2) is 0 Å². The summed E-state index contributed by atoms with van der Waals surface area (Å²) in [5.41, 5.74) is -0.505. The van der Waals surface area contributed by atoms with Crippen molar-refractivity contribution in [2.75, 3.05) is 26.2 Å². The van der Waals surface area contributed by atoms with Gasteiger partial charge in [-0.15, -0.1) is 0 Å². The number of carbonyl (C=O) groups excluding carboxylic acids is 1. The standard InChI is InChI=1S/C32H66N2O4/c1-6-8-10-12-14-16-18-20-23-29(35)27-34(26-22-25-33-31(37)38-32(3,4)5)28-30(36)24-21-19-17-15-13-11-9-7-2/h29-30,35-36H,6-28H2,1-5H3,(H,33,37). The fraction of sp³-hybridized carbons (Fsp3) is 0.969. The minimum atomic E-state index is -0.505. The number of nitrogens with zero attached hydrogens (tertiary/aromatic N) is 1. The maximum Gasteiger partial charge on any atom is 0.407 e. The van der Waals surface area contributed by atoms with Crippen LogP contribution in [-0.2, 0) is 4.74 Å². The van der Waals surface area contributed by atoms with Crippen molar-refractivity contribution in [2.45, 2.75) is 174 Å². The largest absolute Gasteiger partial charge is 0.444 e. The Labute approximate surface area is 236 Å². The van der Waals surface area contributed by atoms with Gasteiger partial charge in [-0.05, 0) is 40.0 Å². The first-order valence-corrected chi connectivity index (χ1v) is 16.2. The molecule has 2 unspecified atom stereocenters. The van der Waals surface area contributed by atoms with Crippen LogP contribution in [-0.4, -0.2) is 65.2 Å². The molecule has 0 aromatic heterocycles. The van der Waals surface area contributed by atoms with Gasteiger partial charge in [-0.25, -0.2) is 4.79 Å². The molecule has 0 heterocycles. The van der Waals surface area contributed by atoms with E-state index in [2.05, 4.69) is 24.1 Å². The molecular formula is C32H66N2O4. The van der Waals surface area contributed by atoms with Gasteiger partial charge in [-0.2, -0.15) is 0 Å². The van der Waals surface area contributed by atoms with Crippen molar-refractivity contribution >= 4 is 6.09 Å². The van der Waals surface area contributed by atoms with E-state index in [0.717, 1.165) is 38.6 Å². The molecule has 0 saturated carbocycles. The van der Waals surface area contributed by atoms with Crippen molar-refractivity contribution in [2.24, 2.45) is 0 Å². The Morgan fingerprint density at radius 3 is 1.47 bits per heavy atom. The summed E-state index contributed by atoms with van der Waals surface area (Å²) in [5, 5.41) is 24.2. The molecule has 1 amide bonds. The summed E-state index contributed by atoms with van der Waals surface area (Å²) >= 11 is 0. The first kappa shape index (κ1) is 37.1. The summed E-state index contributed by atoms with van der Waals surface area (Å²) in [7, 11) is 0. The molecule has 228 valence electrons. The molecule has 6 heteroatoms. The lowest BCUT2D eigenvalue weighted by Crippen LogP contribution is -2.40. The molecule has 38 heavy (non-hydrogen) atoms. The number of aliphatic hydroxyl groups excluding tert-OH is 2. The first-order chi connectivity index (χ1) is 18.2. The van der Waals surface area contributed by atoms with Crippen LogP contribution in [0, 0.1) is 0 Å². The number of amides is 1. The Bertz CT molecular complexity index is 496. The van der Waals surface area contributed by atoms with E-state index in [9.17, 15) is 15.0 Å². The van der Waals surface area contributed by atoms with Crippen LogP contribution in [0.3, 0.4) is 0 Å². The maximum absolute atomic E-state index is 11.9. The predicted molar refractivity (Wildman–Crippen MR) is 162 cm³/mol. The second kappa shape index (κ2) is 25.1. The normalized spacial score (nSPS) is 13.6. The van der Waals surface area contributed by atoms with E-state index in [1.54, 1.807) is 0 Å². The average molecular weight is 543 g/mol. The highest BCUT2D eigenvalue weighted by molar-refractivity contribution is 5.67. The highest BCUT2D eigenvalue weighted by Crippen LogP contribution is 2.14. The second-order valence-electron chi connectivity index (χ2n) is 12.4. The van der Waals surface area contributed by atoms with E-state index < -0.39 is 11.7 Å². The van der Waals surface area contributed by atoms with Crippen LogP contribution in [0.2, 0.25) is 0 Å². The second-order valence-corrected chi connectivity index (χ2v) is 12.4. The zero-order valence-corrected chi connectivity index (χ0v) is 26.1. The van der Waals surface area contributed by atoms with Gasteiger partial charge >= 0.3 is 6.09 Å². The molecule has 3 N–H and O–H groups in total. The zero-order valence-electron chi connectivity index (χ0n) is 26.1. The number of ether oxygens (including phenoxy) is 1. The van der Waals surface area contributed by atoms with E-state index in [1.165, 1.54) is 89.9 Å². The molecule has 0 spiro atoms. The molecule has 0 fully saturated rings. The quantitative estimate of drug-likeness (QED) is 0.0965. The summed E-state index contributed by atoms with van der Waals surface area (Å²) in [6.45, 7) is 12.5. The average Bonchev–Trinajstić information content (AvgIpc) is 2.84.